The maximum atomic E-state index is 13.5. The molecule has 2 N–H and O–H groups in total. The first kappa shape index (κ1) is 47.4. The maximum absolute atomic E-state index is 13.5. The van der Waals surface area contributed by atoms with E-state index >= 15 is 0 Å². The van der Waals surface area contributed by atoms with Crippen molar-refractivity contribution in [3.05, 3.63) is 132 Å². The summed E-state index contributed by atoms with van der Waals surface area (Å²) >= 11 is 1.88. The van der Waals surface area contributed by atoms with Crippen LogP contribution in [0.4, 0.5) is 0 Å². The number of rotatable bonds is 10. The number of aromatic nitrogens is 6. The molecule has 2 fully saturated rings. The van der Waals surface area contributed by atoms with Crippen LogP contribution in [-0.2, 0) is 29.9 Å². The van der Waals surface area contributed by atoms with E-state index in [1.807, 2.05) is 31.7 Å². The van der Waals surface area contributed by atoms with E-state index in [9.17, 15) is 35.5 Å². The Labute approximate surface area is 398 Å². The van der Waals surface area contributed by atoms with Crippen molar-refractivity contribution in [1.29, 1.82) is 0 Å². The highest BCUT2D eigenvalue weighted by atomic mass is 32.2. The average Bonchev–Trinajstić information content (AvgIpc) is 4.11. The van der Waals surface area contributed by atoms with Gasteiger partial charge in [0.15, 0.2) is 11.3 Å². The van der Waals surface area contributed by atoms with Crippen molar-refractivity contribution < 1.29 is 44.5 Å². The largest absolute Gasteiger partial charge is 0.388 e. The minimum atomic E-state index is -3.99. The lowest BCUT2D eigenvalue weighted by atomic mass is 9.90. The van der Waals surface area contributed by atoms with E-state index in [0.29, 0.717) is 63.2 Å². The van der Waals surface area contributed by atoms with Crippen molar-refractivity contribution in [3.8, 4) is 22.3 Å². The van der Waals surface area contributed by atoms with Crippen molar-refractivity contribution in [1.82, 2.24) is 28.2 Å². The summed E-state index contributed by atoms with van der Waals surface area (Å²) in [6.07, 6.45) is 6.71. The number of sulfone groups is 1. The average molecular weight is 999 g/mol. The van der Waals surface area contributed by atoms with Gasteiger partial charge in [-0.15, -0.1) is 0 Å². The van der Waals surface area contributed by atoms with Gasteiger partial charge in [-0.05, 0) is 113 Å². The summed E-state index contributed by atoms with van der Waals surface area (Å²) in [5.74, 6) is 3.00. The highest BCUT2D eigenvalue weighted by Crippen LogP contribution is 2.41. The van der Waals surface area contributed by atoms with Crippen LogP contribution in [0, 0.1) is 39.5 Å². The number of pyridine rings is 2. The summed E-state index contributed by atoms with van der Waals surface area (Å²) in [7, 11) is -11.0. The second-order valence-electron chi connectivity index (χ2n) is 17.3. The van der Waals surface area contributed by atoms with Crippen LogP contribution in [0.3, 0.4) is 0 Å². The molecule has 0 radical (unpaired) electrons. The van der Waals surface area contributed by atoms with Crippen molar-refractivity contribution in [2.45, 2.75) is 75.4 Å². The Kier molecular flexibility index (Phi) is 13.0. The van der Waals surface area contributed by atoms with Crippen LogP contribution in [0.15, 0.2) is 116 Å². The van der Waals surface area contributed by atoms with Crippen LogP contribution in [-0.4, -0.2) is 86.7 Å². The number of aliphatic hydroxyl groups excluding tert-OH is 2. The SMILES string of the molecule is Cc1noc(C)c1-c1cnc2c(c1)c(C(O)C1CCS(=O)(=O)CC1)cn2S(=O)(=O)c1ccccc1.Cc1noc(C)c1-c1cnc2c(c1)c(C(O)C1CCSCC1)cn2S(=O)(=O)c1ccccc1. The molecular weight excluding hydrogens is 949 g/mol. The Morgan fingerprint density at radius 2 is 1.03 bits per heavy atom. The Bertz CT molecular complexity index is 3440. The number of aryl methyl sites for hydroxylation is 4. The first-order chi connectivity index (χ1) is 32.5. The van der Waals surface area contributed by atoms with Crippen LogP contribution in [0.5, 0.6) is 0 Å². The van der Waals surface area contributed by atoms with Gasteiger partial charge in [0.2, 0.25) is 0 Å². The molecule has 16 nitrogen and oxygen atoms in total. The van der Waals surface area contributed by atoms with E-state index in [1.165, 1.54) is 22.3 Å². The molecule has 2 unspecified atom stereocenters. The zero-order chi connectivity index (χ0) is 48.1. The fraction of sp³-hybridized carbons (Fsp3) is 0.333. The molecule has 2 aromatic carbocycles. The maximum Gasteiger partial charge on any atom is 0.269 e. The molecule has 0 bridgehead atoms. The van der Waals surface area contributed by atoms with Gasteiger partial charge in [0.05, 0.1) is 44.9 Å². The van der Waals surface area contributed by atoms with Crippen molar-refractivity contribution in [2.24, 2.45) is 11.8 Å². The molecule has 0 spiro atoms. The van der Waals surface area contributed by atoms with Gasteiger partial charge >= 0.3 is 0 Å². The van der Waals surface area contributed by atoms with Gasteiger partial charge < -0.3 is 19.3 Å². The second-order valence-corrected chi connectivity index (χ2v) is 24.5. The third kappa shape index (κ3) is 8.93. The molecule has 2 aliphatic rings. The van der Waals surface area contributed by atoms with Gasteiger partial charge in [0.25, 0.3) is 20.0 Å². The quantitative estimate of drug-likeness (QED) is 0.132. The van der Waals surface area contributed by atoms with Gasteiger partial charge in [0, 0.05) is 68.9 Å². The Morgan fingerprint density at radius 1 is 0.632 bits per heavy atom. The summed E-state index contributed by atoms with van der Waals surface area (Å²) in [4.78, 5) is 9.32. The lowest BCUT2D eigenvalue weighted by Gasteiger charge is -2.26. The standard InChI is InChI=1S/C24H25N3O6S2.C24H25N3O4S2/c1-15-22(16(2)33-26-15)18-12-20-21(23(28)17-8-10-34(29,30)11-9-17)14-27(24(20)25-13-18)35(31,32)19-6-4-3-5-7-19;1-15-22(16(2)31-26-15)18-12-20-21(23(28)17-8-10-32-11-9-17)14-27(24(20)25-13-18)33(29,30)19-6-4-3-5-7-19/h3-7,12-14,17,23,28H,8-11H2,1-2H3;3-7,12-14,17,23,28H,8-11H2,1-2H3. The fourth-order valence-electron chi connectivity index (χ4n) is 9.28. The first-order valence-electron chi connectivity index (χ1n) is 22.1. The van der Waals surface area contributed by atoms with Crippen LogP contribution < -0.4 is 0 Å². The summed E-state index contributed by atoms with van der Waals surface area (Å²) < 4.78 is 90.7. The van der Waals surface area contributed by atoms with Gasteiger partial charge in [-0.2, -0.15) is 11.8 Å². The van der Waals surface area contributed by atoms with Crippen molar-refractivity contribution in [2.75, 3.05) is 23.0 Å². The predicted octanol–water partition coefficient (Wildman–Crippen LogP) is 8.13. The topological polar surface area (TPSA) is 231 Å². The minimum absolute atomic E-state index is 0.00173. The number of hydrogen-bond acceptors (Lipinski definition) is 15. The van der Waals surface area contributed by atoms with Crippen molar-refractivity contribution >= 4 is 63.7 Å². The third-order valence-corrected chi connectivity index (χ3v) is 19.0. The lowest BCUT2D eigenvalue weighted by Crippen LogP contribution is -2.27. The van der Waals surface area contributed by atoms with Crippen LogP contribution in [0.1, 0.15) is 71.9 Å². The summed E-state index contributed by atoms with van der Waals surface area (Å²) in [6, 6.07) is 20.0. The van der Waals surface area contributed by atoms with E-state index in [0.717, 1.165) is 50.7 Å². The molecule has 8 aromatic rings. The summed E-state index contributed by atoms with van der Waals surface area (Å²) in [6.45, 7) is 7.28. The van der Waals surface area contributed by atoms with Gasteiger partial charge in [-0.1, -0.05) is 46.7 Å². The first-order valence-corrected chi connectivity index (χ1v) is 28.0. The molecule has 0 saturated carbocycles. The number of benzene rings is 2. The molecule has 2 aliphatic heterocycles. The molecule has 20 heteroatoms. The van der Waals surface area contributed by atoms with E-state index in [4.69, 9.17) is 9.05 Å². The van der Waals surface area contributed by atoms with Crippen LogP contribution >= 0.6 is 11.8 Å². The zero-order valence-electron chi connectivity index (χ0n) is 37.7. The number of hydrogen-bond donors (Lipinski definition) is 2. The number of thioether (sulfide) groups is 1. The van der Waals surface area contributed by atoms with E-state index in [1.54, 1.807) is 87.0 Å². The molecule has 2 saturated heterocycles. The molecule has 8 heterocycles. The monoisotopic (exact) mass is 998 g/mol. The Hall–Kier alpha value is -5.64. The number of fused-ring (bicyclic) bond motifs is 2. The van der Waals surface area contributed by atoms with Gasteiger partial charge in [0.1, 0.15) is 21.4 Å². The molecule has 0 aliphatic carbocycles. The second kappa shape index (κ2) is 18.7. The van der Waals surface area contributed by atoms with Gasteiger partial charge in [-0.25, -0.2) is 43.2 Å². The smallest absolute Gasteiger partial charge is 0.269 e. The number of aliphatic hydroxyl groups is 2. The molecule has 68 heavy (non-hydrogen) atoms. The van der Waals surface area contributed by atoms with E-state index in [2.05, 4.69) is 20.3 Å². The predicted molar refractivity (Wildman–Crippen MR) is 259 cm³/mol. The molecule has 10 rings (SSSR count). The van der Waals surface area contributed by atoms with Crippen LogP contribution in [0.25, 0.3) is 44.3 Å². The zero-order valence-corrected chi connectivity index (χ0v) is 40.9. The third-order valence-electron chi connectivity index (χ3n) is 12.9. The summed E-state index contributed by atoms with van der Waals surface area (Å²) in [5.41, 5.74) is 5.91. The van der Waals surface area contributed by atoms with Crippen molar-refractivity contribution in [3.63, 3.8) is 0 Å². The molecular formula is C48H50N6O10S4. The lowest BCUT2D eigenvalue weighted by molar-refractivity contribution is 0.103. The molecule has 356 valence electrons. The van der Waals surface area contributed by atoms with Crippen LogP contribution in [0.2, 0.25) is 0 Å². The Balaban J connectivity index is 0.000000170. The normalized spacial score (nSPS) is 17.0. The van der Waals surface area contributed by atoms with Gasteiger partial charge in [-0.3, -0.25) is 0 Å². The highest BCUT2D eigenvalue weighted by Gasteiger charge is 2.34. The summed E-state index contributed by atoms with van der Waals surface area (Å²) in [5, 5.41) is 31.8. The molecule has 6 aromatic heterocycles. The molecule has 2 atom stereocenters. The molecule has 0 amide bonds. The Morgan fingerprint density at radius 3 is 1.41 bits per heavy atom. The minimum Gasteiger partial charge on any atom is -0.388 e. The van der Waals surface area contributed by atoms with E-state index in [-0.39, 0.29) is 38.8 Å². The van der Waals surface area contributed by atoms with E-state index < -0.39 is 42.1 Å². The highest BCUT2D eigenvalue weighted by molar-refractivity contribution is 7.99. The number of nitrogens with zero attached hydrogens (tertiary/aromatic N) is 6. The fourth-order valence-corrected chi connectivity index (χ4v) is 14.7.